The fraction of sp³-hybridized carbons (Fsp3) is 0.414. The van der Waals surface area contributed by atoms with E-state index >= 15 is 4.39 Å². The number of alkyl halides is 3. The molecule has 2 aliphatic heterocycles. The Labute approximate surface area is 240 Å². The Hall–Kier alpha value is -3.84. The number of morpholine rings is 1. The molecule has 2 unspecified atom stereocenters. The first-order valence-corrected chi connectivity index (χ1v) is 13.6. The second-order valence-electron chi connectivity index (χ2n) is 10.6. The highest BCUT2D eigenvalue weighted by molar-refractivity contribution is 6.07. The summed E-state index contributed by atoms with van der Waals surface area (Å²) < 4.78 is 76.1. The molecule has 3 aromatic rings. The van der Waals surface area contributed by atoms with E-state index in [-0.39, 0.29) is 35.2 Å². The van der Waals surface area contributed by atoms with Crippen LogP contribution in [0.4, 0.5) is 39.3 Å². The monoisotopic (exact) mass is 590 g/mol. The van der Waals surface area contributed by atoms with E-state index in [0.29, 0.717) is 51.0 Å². The topological polar surface area (TPSA) is 73.8 Å². The third-order valence-electron chi connectivity index (χ3n) is 7.61. The van der Waals surface area contributed by atoms with Crippen LogP contribution in [0.1, 0.15) is 29.8 Å². The van der Waals surface area contributed by atoms with E-state index in [9.17, 15) is 22.4 Å². The third-order valence-corrected chi connectivity index (χ3v) is 7.61. The first-order valence-electron chi connectivity index (χ1n) is 13.6. The van der Waals surface area contributed by atoms with E-state index in [0.717, 1.165) is 12.1 Å². The van der Waals surface area contributed by atoms with Crippen molar-refractivity contribution < 1.29 is 31.5 Å². The number of carbonyl (C=O) groups is 1. The lowest BCUT2D eigenvalue weighted by molar-refractivity contribution is -0.138. The molecule has 42 heavy (non-hydrogen) atoms. The van der Waals surface area contributed by atoms with E-state index < -0.39 is 34.8 Å². The maximum Gasteiger partial charge on any atom is 0.417 e. The van der Waals surface area contributed by atoms with Crippen molar-refractivity contribution in [3.8, 4) is 11.3 Å². The van der Waals surface area contributed by atoms with Gasteiger partial charge in [-0.1, -0.05) is 0 Å². The van der Waals surface area contributed by atoms with Crippen LogP contribution in [0.25, 0.3) is 11.3 Å². The molecule has 13 heteroatoms. The molecule has 2 atom stereocenters. The lowest BCUT2D eigenvalue weighted by atomic mass is 10.0. The van der Waals surface area contributed by atoms with Gasteiger partial charge in [0.15, 0.2) is 0 Å². The molecule has 0 radical (unpaired) electrons. The molecule has 224 valence electrons. The van der Waals surface area contributed by atoms with Crippen LogP contribution in [0.2, 0.25) is 0 Å². The number of nitrogens with zero attached hydrogens (tertiary/aromatic N) is 5. The Kier molecular flexibility index (Phi) is 8.33. The molecule has 2 saturated heterocycles. The quantitative estimate of drug-likeness (QED) is 0.417. The molecule has 5 rings (SSSR count). The number of aromatic nitrogens is 2. The molecule has 0 bridgehead atoms. The van der Waals surface area contributed by atoms with E-state index in [1.807, 2.05) is 30.7 Å². The van der Waals surface area contributed by atoms with Crippen molar-refractivity contribution in [3.63, 3.8) is 0 Å². The SMILES string of the molecule is CC1CN(c2nccc(-c3cc(NC(=O)c4ccc(F)cc4C(F)(F)F)c(N4CCN(C)C(C)C4)cc3F)n2)CCO1. The second-order valence-corrected chi connectivity index (χ2v) is 10.6. The summed E-state index contributed by atoms with van der Waals surface area (Å²) in [5.41, 5.74) is -1.46. The van der Waals surface area contributed by atoms with E-state index in [2.05, 4.69) is 20.2 Å². The number of hydrogen-bond acceptors (Lipinski definition) is 7. The van der Waals surface area contributed by atoms with Crippen LogP contribution in [-0.2, 0) is 10.9 Å². The molecule has 0 saturated carbocycles. The van der Waals surface area contributed by atoms with Gasteiger partial charge in [-0.05, 0) is 57.3 Å². The summed E-state index contributed by atoms with van der Waals surface area (Å²) >= 11 is 0. The van der Waals surface area contributed by atoms with Gasteiger partial charge in [0, 0.05) is 50.5 Å². The summed E-state index contributed by atoms with van der Waals surface area (Å²) in [6.45, 7) is 7.16. The zero-order valence-corrected chi connectivity index (χ0v) is 23.4. The summed E-state index contributed by atoms with van der Waals surface area (Å²) in [5, 5.41) is 2.55. The molecule has 0 aliphatic carbocycles. The molecule has 2 aliphatic rings. The van der Waals surface area contributed by atoms with E-state index in [1.54, 1.807) is 0 Å². The number of halogens is 5. The predicted molar refractivity (Wildman–Crippen MR) is 149 cm³/mol. The number of likely N-dealkylation sites (N-methyl/N-ethyl adjacent to an activating group) is 1. The van der Waals surface area contributed by atoms with Crippen LogP contribution in [-0.4, -0.2) is 79.3 Å². The maximum atomic E-state index is 15.8. The molecule has 1 aromatic heterocycles. The lowest BCUT2D eigenvalue weighted by Gasteiger charge is -2.39. The third kappa shape index (κ3) is 6.31. The van der Waals surface area contributed by atoms with E-state index in [1.165, 1.54) is 24.4 Å². The molecule has 0 spiro atoms. The second kappa shape index (κ2) is 11.8. The number of amides is 1. The van der Waals surface area contributed by atoms with Gasteiger partial charge in [0.25, 0.3) is 5.91 Å². The number of piperazine rings is 1. The standard InChI is InChI=1S/C29H31F5N6O2/c1-17-15-39(9-8-38(17)3)26-14-23(31)21(24-6-7-35-28(37-24)40-10-11-42-18(2)16-40)13-25(26)36-27(41)20-5-4-19(30)12-22(20)29(32,33)34/h4-7,12-14,17-18H,8-11,15-16H2,1-3H3,(H,36,41). The summed E-state index contributed by atoms with van der Waals surface area (Å²) in [5.74, 6) is -2.46. The molecule has 1 N–H and O–H groups in total. The summed E-state index contributed by atoms with van der Waals surface area (Å²) in [7, 11) is 1.96. The number of benzene rings is 2. The van der Waals surface area contributed by atoms with Crippen LogP contribution < -0.4 is 15.1 Å². The Morgan fingerprint density at radius 2 is 1.81 bits per heavy atom. The highest BCUT2D eigenvalue weighted by atomic mass is 19.4. The number of ether oxygens (including phenoxy) is 1. The first-order chi connectivity index (χ1) is 19.9. The van der Waals surface area contributed by atoms with Crippen molar-refractivity contribution in [2.45, 2.75) is 32.2 Å². The van der Waals surface area contributed by atoms with Gasteiger partial charge in [-0.2, -0.15) is 13.2 Å². The number of rotatable bonds is 5. The normalized spacial score (nSPS) is 20.1. The van der Waals surface area contributed by atoms with Crippen molar-refractivity contribution in [1.82, 2.24) is 14.9 Å². The van der Waals surface area contributed by atoms with Crippen LogP contribution in [0, 0.1) is 11.6 Å². The summed E-state index contributed by atoms with van der Waals surface area (Å²) in [6.07, 6.45) is -3.50. The van der Waals surface area contributed by atoms with Gasteiger partial charge in [-0.25, -0.2) is 18.7 Å². The lowest BCUT2D eigenvalue weighted by Crippen LogP contribution is -2.50. The van der Waals surface area contributed by atoms with Crippen molar-refractivity contribution in [1.29, 1.82) is 0 Å². The summed E-state index contributed by atoms with van der Waals surface area (Å²) in [4.78, 5) is 28.1. The van der Waals surface area contributed by atoms with Crippen LogP contribution in [0.3, 0.4) is 0 Å². The van der Waals surface area contributed by atoms with Gasteiger partial charge in [-0.15, -0.1) is 0 Å². The Morgan fingerprint density at radius 1 is 1.02 bits per heavy atom. The molecule has 3 heterocycles. The molecular weight excluding hydrogens is 559 g/mol. The minimum absolute atomic E-state index is 0.0383. The fourth-order valence-electron chi connectivity index (χ4n) is 5.18. The molecule has 2 fully saturated rings. The number of hydrogen-bond donors (Lipinski definition) is 1. The molecule has 2 aromatic carbocycles. The number of anilines is 3. The van der Waals surface area contributed by atoms with Crippen LogP contribution in [0.15, 0.2) is 42.6 Å². The average Bonchev–Trinajstić information content (AvgIpc) is 2.95. The molecule has 1 amide bonds. The van der Waals surface area contributed by atoms with Crippen molar-refractivity contribution in [2.75, 3.05) is 61.5 Å². The van der Waals surface area contributed by atoms with Crippen molar-refractivity contribution in [3.05, 3.63) is 65.4 Å². The van der Waals surface area contributed by atoms with Crippen LogP contribution in [0.5, 0.6) is 0 Å². The summed E-state index contributed by atoms with van der Waals surface area (Å²) in [6, 6.07) is 6.11. The highest BCUT2D eigenvalue weighted by Crippen LogP contribution is 2.37. The number of nitrogens with one attached hydrogen (secondary N) is 1. The van der Waals surface area contributed by atoms with Gasteiger partial charge in [0.2, 0.25) is 5.95 Å². The van der Waals surface area contributed by atoms with Gasteiger partial charge < -0.3 is 24.8 Å². The Balaban J connectivity index is 1.56. The molecular formula is C29H31F5N6O2. The van der Waals surface area contributed by atoms with Gasteiger partial charge in [-0.3, -0.25) is 4.79 Å². The maximum absolute atomic E-state index is 15.8. The Bertz CT molecular complexity index is 1470. The predicted octanol–water partition coefficient (Wildman–Crippen LogP) is 5.06. The largest absolute Gasteiger partial charge is 0.417 e. The zero-order chi connectivity index (χ0) is 30.2. The zero-order valence-electron chi connectivity index (χ0n) is 23.4. The average molecular weight is 591 g/mol. The minimum Gasteiger partial charge on any atom is -0.375 e. The van der Waals surface area contributed by atoms with Gasteiger partial charge in [0.1, 0.15) is 11.6 Å². The Morgan fingerprint density at radius 3 is 2.52 bits per heavy atom. The van der Waals surface area contributed by atoms with Crippen molar-refractivity contribution >= 4 is 23.2 Å². The molecule has 8 nitrogen and oxygen atoms in total. The van der Waals surface area contributed by atoms with Gasteiger partial charge in [0.05, 0.1) is 40.9 Å². The van der Waals surface area contributed by atoms with Gasteiger partial charge >= 0.3 is 6.18 Å². The van der Waals surface area contributed by atoms with Crippen LogP contribution >= 0.6 is 0 Å². The number of carbonyl (C=O) groups excluding carboxylic acids is 1. The van der Waals surface area contributed by atoms with Crippen molar-refractivity contribution in [2.24, 2.45) is 0 Å². The first kappa shape index (κ1) is 29.6. The fourth-order valence-corrected chi connectivity index (χ4v) is 5.18. The highest BCUT2D eigenvalue weighted by Gasteiger charge is 2.36. The smallest absolute Gasteiger partial charge is 0.375 e. The van der Waals surface area contributed by atoms with E-state index in [4.69, 9.17) is 4.74 Å². The minimum atomic E-state index is -4.97.